The molecule has 20 heavy (non-hydrogen) atoms. The first-order valence-electron chi connectivity index (χ1n) is 7.64. The fourth-order valence-electron chi connectivity index (χ4n) is 3.03. The second kappa shape index (κ2) is 6.08. The van der Waals surface area contributed by atoms with Gasteiger partial charge in [0.25, 0.3) is 0 Å². The lowest BCUT2D eigenvalue weighted by atomic mass is 9.95. The molecule has 0 unspecified atom stereocenters. The molecule has 0 aromatic carbocycles. The number of aryl methyl sites for hydroxylation is 1. The molecule has 1 amide bonds. The average Bonchev–Trinajstić information content (AvgIpc) is 3.18. The Labute approximate surface area is 124 Å². The molecule has 0 saturated carbocycles. The van der Waals surface area contributed by atoms with E-state index in [1.165, 1.54) is 24.4 Å². The highest BCUT2D eigenvalue weighted by Crippen LogP contribution is 2.26. The minimum Gasteiger partial charge on any atom is -0.347 e. The number of nitrogens with zero attached hydrogens (tertiary/aromatic N) is 4. The number of carbonyl (C=O) groups is 1. The van der Waals surface area contributed by atoms with Gasteiger partial charge in [-0.2, -0.15) is 4.37 Å². The Morgan fingerprint density at radius 3 is 2.55 bits per heavy atom. The summed E-state index contributed by atoms with van der Waals surface area (Å²) in [5.41, 5.74) is 0. The quantitative estimate of drug-likeness (QED) is 0.855. The summed E-state index contributed by atoms with van der Waals surface area (Å²) in [7, 11) is 0. The van der Waals surface area contributed by atoms with E-state index >= 15 is 0 Å². The number of rotatable bonds is 3. The molecule has 0 N–H and O–H groups in total. The highest BCUT2D eigenvalue weighted by atomic mass is 32.1. The predicted molar refractivity (Wildman–Crippen MR) is 80.0 cm³/mol. The Kier molecular flexibility index (Phi) is 4.19. The van der Waals surface area contributed by atoms with Crippen LogP contribution < -0.4 is 4.90 Å². The van der Waals surface area contributed by atoms with E-state index in [0.717, 1.165) is 56.4 Å². The standard InChI is InChI=1S/C14H22N4OS/c1-2-12-15-14(20-16-12)18-9-5-11(6-10-18)13(19)17-7-3-4-8-17/h11H,2-10H2,1H3. The Hall–Kier alpha value is -1.17. The van der Waals surface area contributed by atoms with Gasteiger partial charge in [-0.15, -0.1) is 0 Å². The van der Waals surface area contributed by atoms with Crippen LogP contribution >= 0.6 is 11.5 Å². The topological polar surface area (TPSA) is 49.3 Å². The minimum absolute atomic E-state index is 0.225. The van der Waals surface area contributed by atoms with Crippen LogP contribution in [0.2, 0.25) is 0 Å². The summed E-state index contributed by atoms with van der Waals surface area (Å²) in [5, 5.41) is 1.02. The van der Waals surface area contributed by atoms with Crippen LogP contribution in [-0.2, 0) is 11.2 Å². The van der Waals surface area contributed by atoms with Gasteiger partial charge in [0.1, 0.15) is 5.82 Å². The fourth-order valence-corrected chi connectivity index (χ4v) is 3.83. The van der Waals surface area contributed by atoms with Crippen molar-refractivity contribution >= 4 is 22.6 Å². The van der Waals surface area contributed by atoms with Crippen molar-refractivity contribution in [2.45, 2.75) is 39.0 Å². The maximum absolute atomic E-state index is 12.4. The minimum atomic E-state index is 0.225. The van der Waals surface area contributed by atoms with E-state index in [2.05, 4.69) is 26.1 Å². The van der Waals surface area contributed by atoms with Crippen LogP contribution in [0.3, 0.4) is 0 Å². The molecular formula is C14H22N4OS. The zero-order chi connectivity index (χ0) is 13.9. The fraction of sp³-hybridized carbons (Fsp3) is 0.786. The van der Waals surface area contributed by atoms with Gasteiger partial charge in [0.2, 0.25) is 11.0 Å². The van der Waals surface area contributed by atoms with Gasteiger partial charge >= 0.3 is 0 Å². The second-order valence-electron chi connectivity index (χ2n) is 5.64. The molecule has 3 rings (SSSR count). The van der Waals surface area contributed by atoms with Gasteiger partial charge in [0, 0.05) is 50.1 Å². The van der Waals surface area contributed by atoms with Crippen molar-refractivity contribution in [2.75, 3.05) is 31.1 Å². The van der Waals surface area contributed by atoms with E-state index in [1.54, 1.807) is 0 Å². The number of likely N-dealkylation sites (tertiary alicyclic amines) is 1. The van der Waals surface area contributed by atoms with E-state index < -0.39 is 0 Å². The summed E-state index contributed by atoms with van der Waals surface area (Å²) in [6.07, 6.45) is 5.15. The molecule has 3 heterocycles. The van der Waals surface area contributed by atoms with E-state index in [0.29, 0.717) is 5.91 Å². The predicted octanol–water partition coefficient (Wildman–Crippen LogP) is 1.94. The molecule has 2 aliphatic heterocycles. The number of amides is 1. The molecule has 2 aliphatic rings. The van der Waals surface area contributed by atoms with Crippen molar-refractivity contribution < 1.29 is 4.79 Å². The van der Waals surface area contributed by atoms with Crippen LogP contribution in [0.1, 0.15) is 38.4 Å². The maximum Gasteiger partial charge on any atom is 0.225 e. The average molecular weight is 294 g/mol. The molecule has 0 bridgehead atoms. The van der Waals surface area contributed by atoms with Crippen molar-refractivity contribution in [3.8, 4) is 0 Å². The molecule has 0 radical (unpaired) electrons. The lowest BCUT2D eigenvalue weighted by molar-refractivity contribution is -0.135. The van der Waals surface area contributed by atoms with Gasteiger partial charge in [-0.1, -0.05) is 6.92 Å². The highest BCUT2D eigenvalue weighted by molar-refractivity contribution is 7.09. The lowest BCUT2D eigenvalue weighted by Crippen LogP contribution is -2.41. The summed E-state index contributed by atoms with van der Waals surface area (Å²) >= 11 is 1.49. The summed E-state index contributed by atoms with van der Waals surface area (Å²) in [5.74, 6) is 1.54. The highest BCUT2D eigenvalue weighted by Gasteiger charge is 2.30. The van der Waals surface area contributed by atoms with Gasteiger partial charge in [-0.3, -0.25) is 4.79 Å². The van der Waals surface area contributed by atoms with E-state index in [9.17, 15) is 4.79 Å². The molecule has 2 fully saturated rings. The molecule has 0 aliphatic carbocycles. The van der Waals surface area contributed by atoms with Crippen molar-refractivity contribution in [1.29, 1.82) is 0 Å². The first-order valence-corrected chi connectivity index (χ1v) is 8.41. The third-order valence-corrected chi connectivity index (χ3v) is 5.12. The Bertz CT molecular complexity index is 461. The molecule has 1 aromatic heterocycles. The third-order valence-electron chi connectivity index (χ3n) is 4.31. The van der Waals surface area contributed by atoms with E-state index in [-0.39, 0.29) is 5.92 Å². The number of hydrogen-bond acceptors (Lipinski definition) is 5. The lowest BCUT2D eigenvalue weighted by Gasteiger charge is -2.32. The van der Waals surface area contributed by atoms with Crippen LogP contribution in [0.25, 0.3) is 0 Å². The first-order chi connectivity index (χ1) is 9.78. The second-order valence-corrected chi connectivity index (χ2v) is 6.37. The number of carbonyl (C=O) groups excluding carboxylic acids is 1. The van der Waals surface area contributed by atoms with Gasteiger partial charge in [0.15, 0.2) is 0 Å². The van der Waals surface area contributed by atoms with Crippen LogP contribution in [0, 0.1) is 5.92 Å². The molecule has 2 saturated heterocycles. The molecule has 1 aromatic rings. The normalized spacial score (nSPS) is 20.6. The molecule has 0 atom stereocenters. The van der Waals surface area contributed by atoms with Gasteiger partial charge in [0.05, 0.1) is 0 Å². The van der Waals surface area contributed by atoms with Crippen molar-refractivity contribution in [3.05, 3.63) is 5.82 Å². The van der Waals surface area contributed by atoms with Gasteiger partial charge < -0.3 is 9.80 Å². The smallest absolute Gasteiger partial charge is 0.225 e. The van der Waals surface area contributed by atoms with Crippen molar-refractivity contribution in [3.63, 3.8) is 0 Å². The monoisotopic (exact) mass is 294 g/mol. The molecule has 5 nitrogen and oxygen atoms in total. The molecule has 0 spiro atoms. The molecular weight excluding hydrogens is 272 g/mol. The maximum atomic E-state index is 12.4. The van der Waals surface area contributed by atoms with Crippen LogP contribution in [-0.4, -0.2) is 46.3 Å². The summed E-state index contributed by atoms with van der Waals surface area (Å²) in [6, 6.07) is 0. The summed E-state index contributed by atoms with van der Waals surface area (Å²) in [6.45, 7) is 5.88. The Morgan fingerprint density at radius 2 is 1.95 bits per heavy atom. The van der Waals surface area contributed by atoms with Crippen LogP contribution in [0.4, 0.5) is 5.13 Å². The molecule has 110 valence electrons. The first kappa shape index (κ1) is 13.8. The van der Waals surface area contributed by atoms with Crippen molar-refractivity contribution in [2.24, 2.45) is 5.92 Å². The zero-order valence-corrected chi connectivity index (χ0v) is 12.9. The van der Waals surface area contributed by atoms with Gasteiger partial charge in [-0.25, -0.2) is 4.98 Å². The Balaban J connectivity index is 1.55. The summed E-state index contributed by atoms with van der Waals surface area (Å²) in [4.78, 5) is 21.3. The van der Waals surface area contributed by atoms with Crippen LogP contribution in [0.15, 0.2) is 0 Å². The largest absolute Gasteiger partial charge is 0.347 e. The van der Waals surface area contributed by atoms with E-state index in [1.807, 2.05) is 0 Å². The number of hydrogen-bond donors (Lipinski definition) is 0. The zero-order valence-electron chi connectivity index (χ0n) is 12.0. The third kappa shape index (κ3) is 2.80. The SMILES string of the molecule is CCc1nsc(N2CCC(C(=O)N3CCCC3)CC2)n1. The van der Waals surface area contributed by atoms with E-state index in [4.69, 9.17) is 0 Å². The molecule has 6 heteroatoms. The number of aromatic nitrogens is 2. The van der Waals surface area contributed by atoms with Crippen LogP contribution in [0.5, 0.6) is 0 Å². The number of anilines is 1. The van der Waals surface area contributed by atoms with Crippen molar-refractivity contribution in [1.82, 2.24) is 14.3 Å². The number of piperidine rings is 1. The Morgan fingerprint density at radius 1 is 1.25 bits per heavy atom. The summed E-state index contributed by atoms with van der Waals surface area (Å²) < 4.78 is 4.34. The van der Waals surface area contributed by atoms with Gasteiger partial charge in [-0.05, 0) is 25.7 Å².